The Morgan fingerprint density at radius 1 is 1.18 bits per heavy atom. The summed E-state index contributed by atoms with van der Waals surface area (Å²) >= 11 is 6.05. The molecule has 0 saturated carbocycles. The van der Waals surface area contributed by atoms with Crippen LogP contribution in [0, 0.1) is 13.8 Å². The van der Waals surface area contributed by atoms with Crippen LogP contribution in [0.1, 0.15) is 17.0 Å². The van der Waals surface area contributed by atoms with E-state index in [1.165, 1.54) is 0 Å². The number of rotatable bonds is 7. The fourth-order valence-corrected chi connectivity index (χ4v) is 2.96. The Hall–Kier alpha value is -1.41. The summed E-state index contributed by atoms with van der Waals surface area (Å²) < 4.78 is 30.4. The summed E-state index contributed by atoms with van der Waals surface area (Å²) in [6.45, 7) is 4.58. The summed E-state index contributed by atoms with van der Waals surface area (Å²) in [7, 11) is -3.54. The Balaban J connectivity index is 1.83. The van der Waals surface area contributed by atoms with Crippen LogP contribution in [0.15, 0.2) is 30.3 Å². The third-order valence-corrected chi connectivity index (χ3v) is 4.87. The van der Waals surface area contributed by atoms with Gasteiger partial charge in [0.05, 0.1) is 23.0 Å². The summed E-state index contributed by atoms with van der Waals surface area (Å²) in [5.41, 5.74) is 2.47. The van der Waals surface area contributed by atoms with Gasteiger partial charge < -0.3 is 0 Å². The third-order valence-electron chi connectivity index (χ3n) is 3.22. The van der Waals surface area contributed by atoms with Crippen LogP contribution in [-0.4, -0.2) is 24.7 Å². The van der Waals surface area contributed by atoms with Gasteiger partial charge in [-0.25, -0.2) is 4.72 Å². The molecular weight excluding hydrogens is 324 g/mol. The molecule has 2 N–H and O–H groups in total. The van der Waals surface area contributed by atoms with Crippen molar-refractivity contribution in [1.82, 2.24) is 19.2 Å². The van der Waals surface area contributed by atoms with Crippen molar-refractivity contribution in [3.63, 3.8) is 0 Å². The molecule has 120 valence electrons. The lowest BCUT2D eigenvalue weighted by Crippen LogP contribution is -2.37. The van der Waals surface area contributed by atoms with Crippen molar-refractivity contribution in [2.24, 2.45) is 0 Å². The minimum absolute atomic E-state index is 0.239. The van der Waals surface area contributed by atoms with Crippen molar-refractivity contribution in [3.8, 4) is 0 Å². The molecule has 0 spiro atoms. The van der Waals surface area contributed by atoms with E-state index >= 15 is 0 Å². The molecule has 1 aromatic carbocycles. The summed E-state index contributed by atoms with van der Waals surface area (Å²) in [5, 5.41) is 4.87. The quantitative estimate of drug-likeness (QED) is 0.805. The van der Waals surface area contributed by atoms with Gasteiger partial charge in [-0.05, 0) is 19.4 Å². The number of hydrogen-bond donors (Lipinski definition) is 2. The molecule has 0 radical (unpaired) electrons. The first-order valence-corrected chi connectivity index (χ1v) is 8.73. The molecule has 0 amide bonds. The molecule has 0 fully saturated rings. The van der Waals surface area contributed by atoms with Gasteiger partial charge in [-0.2, -0.15) is 18.2 Å². The molecule has 1 heterocycles. The smallest absolute Gasteiger partial charge is 0.267 e. The molecule has 22 heavy (non-hydrogen) atoms. The van der Waals surface area contributed by atoms with Crippen molar-refractivity contribution in [2.45, 2.75) is 26.9 Å². The van der Waals surface area contributed by atoms with E-state index in [2.05, 4.69) is 14.5 Å². The Kier molecular flexibility index (Phi) is 5.57. The molecule has 2 rings (SSSR count). The standard InChI is InChI=1S/C14H19ClN4O2S/c1-11-14(15)12(2)19(18-11)9-8-16-22(20,21)17-10-13-6-4-3-5-7-13/h3-7,16-17H,8-10H2,1-2H3. The molecule has 8 heteroatoms. The fraction of sp³-hybridized carbons (Fsp3) is 0.357. The summed E-state index contributed by atoms with van der Waals surface area (Å²) in [4.78, 5) is 0. The first-order chi connectivity index (χ1) is 10.4. The van der Waals surface area contributed by atoms with Crippen molar-refractivity contribution in [1.29, 1.82) is 0 Å². The number of nitrogens with one attached hydrogen (secondary N) is 2. The number of nitrogens with zero attached hydrogens (tertiary/aromatic N) is 2. The van der Waals surface area contributed by atoms with Crippen LogP contribution in [-0.2, 0) is 23.3 Å². The molecule has 0 bridgehead atoms. The van der Waals surface area contributed by atoms with Gasteiger partial charge in [0.2, 0.25) is 0 Å². The van der Waals surface area contributed by atoms with Crippen LogP contribution in [0.4, 0.5) is 0 Å². The molecular formula is C14H19ClN4O2S. The topological polar surface area (TPSA) is 76.0 Å². The second kappa shape index (κ2) is 7.23. The van der Waals surface area contributed by atoms with Crippen molar-refractivity contribution >= 4 is 21.8 Å². The zero-order chi connectivity index (χ0) is 16.2. The minimum atomic E-state index is -3.54. The highest BCUT2D eigenvalue weighted by atomic mass is 35.5. The lowest BCUT2D eigenvalue weighted by molar-refractivity contribution is 0.544. The highest BCUT2D eigenvalue weighted by Gasteiger charge is 2.11. The average Bonchev–Trinajstić information content (AvgIpc) is 2.74. The first-order valence-electron chi connectivity index (χ1n) is 6.87. The van der Waals surface area contributed by atoms with Crippen LogP contribution < -0.4 is 9.44 Å². The van der Waals surface area contributed by atoms with Gasteiger partial charge in [0.25, 0.3) is 10.2 Å². The molecule has 0 unspecified atom stereocenters. The van der Waals surface area contributed by atoms with Crippen LogP contribution in [0.25, 0.3) is 0 Å². The van der Waals surface area contributed by atoms with Gasteiger partial charge in [-0.3, -0.25) is 4.68 Å². The van der Waals surface area contributed by atoms with Gasteiger partial charge in [0.1, 0.15) is 0 Å². The molecule has 0 aliphatic rings. The van der Waals surface area contributed by atoms with E-state index in [1.54, 1.807) is 4.68 Å². The predicted molar refractivity (Wildman–Crippen MR) is 86.9 cm³/mol. The predicted octanol–water partition coefficient (Wildman–Crippen LogP) is 1.78. The molecule has 2 aromatic rings. The molecule has 0 saturated heterocycles. The SMILES string of the molecule is Cc1nn(CCNS(=O)(=O)NCc2ccccc2)c(C)c1Cl. The molecule has 0 atom stereocenters. The van der Waals surface area contributed by atoms with E-state index in [1.807, 2.05) is 44.2 Å². The Bertz CT molecular complexity index is 729. The average molecular weight is 343 g/mol. The Labute approximate surface area is 135 Å². The molecule has 1 aromatic heterocycles. The molecule has 6 nitrogen and oxygen atoms in total. The third kappa shape index (κ3) is 4.54. The van der Waals surface area contributed by atoms with E-state index in [0.717, 1.165) is 17.0 Å². The zero-order valence-corrected chi connectivity index (χ0v) is 14.1. The first kappa shape index (κ1) is 17.0. The van der Waals surface area contributed by atoms with Crippen LogP contribution in [0.5, 0.6) is 0 Å². The highest BCUT2D eigenvalue weighted by molar-refractivity contribution is 7.87. The van der Waals surface area contributed by atoms with Gasteiger partial charge in [0, 0.05) is 13.1 Å². The van der Waals surface area contributed by atoms with Gasteiger partial charge in [0.15, 0.2) is 0 Å². The monoisotopic (exact) mass is 342 g/mol. The maximum absolute atomic E-state index is 11.9. The van der Waals surface area contributed by atoms with E-state index < -0.39 is 10.2 Å². The van der Waals surface area contributed by atoms with E-state index in [-0.39, 0.29) is 13.1 Å². The largest absolute Gasteiger partial charge is 0.277 e. The van der Waals surface area contributed by atoms with Crippen LogP contribution in [0.3, 0.4) is 0 Å². The molecule has 0 aliphatic carbocycles. The highest BCUT2D eigenvalue weighted by Crippen LogP contribution is 2.18. The van der Waals surface area contributed by atoms with Crippen LogP contribution >= 0.6 is 11.6 Å². The zero-order valence-electron chi connectivity index (χ0n) is 12.5. The summed E-state index contributed by atoms with van der Waals surface area (Å²) in [5.74, 6) is 0. The second-order valence-electron chi connectivity index (χ2n) is 4.91. The number of aromatic nitrogens is 2. The maximum atomic E-state index is 11.9. The van der Waals surface area contributed by atoms with E-state index in [4.69, 9.17) is 11.6 Å². The van der Waals surface area contributed by atoms with Gasteiger partial charge in [-0.1, -0.05) is 41.9 Å². The lowest BCUT2D eigenvalue weighted by Gasteiger charge is -2.09. The van der Waals surface area contributed by atoms with Crippen molar-refractivity contribution in [3.05, 3.63) is 52.3 Å². The van der Waals surface area contributed by atoms with Crippen molar-refractivity contribution < 1.29 is 8.42 Å². The summed E-state index contributed by atoms with van der Waals surface area (Å²) in [6.07, 6.45) is 0. The Morgan fingerprint density at radius 3 is 2.45 bits per heavy atom. The Morgan fingerprint density at radius 2 is 1.86 bits per heavy atom. The number of benzene rings is 1. The maximum Gasteiger partial charge on any atom is 0.277 e. The number of aryl methyl sites for hydroxylation is 1. The van der Waals surface area contributed by atoms with E-state index in [0.29, 0.717) is 11.6 Å². The van der Waals surface area contributed by atoms with Crippen molar-refractivity contribution in [2.75, 3.05) is 6.54 Å². The number of halogens is 1. The van der Waals surface area contributed by atoms with Gasteiger partial charge in [-0.15, -0.1) is 0 Å². The second-order valence-corrected chi connectivity index (χ2v) is 6.87. The molecule has 0 aliphatic heterocycles. The van der Waals surface area contributed by atoms with Gasteiger partial charge >= 0.3 is 0 Å². The minimum Gasteiger partial charge on any atom is -0.267 e. The van der Waals surface area contributed by atoms with E-state index in [9.17, 15) is 8.42 Å². The van der Waals surface area contributed by atoms with Crippen LogP contribution in [0.2, 0.25) is 5.02 Å². The fourth-order valence-electron chi connectivity index (χ4n) is 2.00. The normalized spacial score (nSPS) is 11.8. The lowest BCUT2D eigenvalue weighted by atomic mass is 10.2. The summed E-state index contributed by atoms with van der Waals surface area (Å²) in [6, 6.07) is 9.34. The number of hydrogen-bond acceptors (Lipinski definition) is 3.